The van der Waals surface area contributed by atoms with Gasteiger partial charge in [0.1, 0.15) is 0 Å². The quantitative estimate of drug-likeness (QED) is 0.696. The number of morpholine rings is 1. The molecule has 1 heterocycles. The second-order valence-corrected chi connectivity index (χ2v) is 6.03. The Balaban J connectivity index is 2.22. The first-order chi connectivity index (χ1) is 8.58. The van der Waals surface area contributed by atoms with Crippen molar-refractivity contribution in [3.63, 3.8) is 0 Å². The number of hydrogen-bond donors (Lipinski definition) is 0. The van der Waals surface area contributed by atoms with E-state index in [1.807, 2.05) is 0 Å². The van der Waals surface area contributed by atoms with Crippen LogP contribution in [-0.4, -0.2) is 37.2 Å². The summed E-state index contributed by atoms with van der Waals surface area (Å²) in [4.78, 5) is 2.43. The zero-order valence-electron chi connectivity index (χ0n) is 12.5. The van der Waals surface area contributed by atoms with E-state index in [4.69, 9.17) is 4.74 Å². The fourth-order valence-electron chi connectivity index (χ4n) is 2.21. The van der Waals surface area contributed by atoms with Gasteiger partial charge in [0.2, 0.25) is 0 Å². The minimum atomic E-state index is 0.429. The molecule has 2 nitrogen and oxygen atoms in total. The highest BCUT2D eigenvalue weighted by Gasteiger charge is 2.19. The molecule has 0 spiro atoms. The molecule has 104 valence electrons. The standard InChI is InChI=1S/C16H29NO/c1-14(2)7-5-9-16-13-17(11-12-18-16)10-6-8-15(3)4/h14-16H,5,7,9-13H2,1-4H3/t16-/m0/s1. The van der Waals surface area contributed by atoms with Gasteiger partial charge in [-0.3, -0.25) is 4.90 Å². The van der Waals surface area contributed by atoms with Crippen LogP contribution in [0.25, 0.3) is 0 Å². The SMILES string of the molecule is CC(C)C#CCN1CCO[C@@H](CCCC(C)C)C1. The number of hydrogen-bond acceptors (Lipinski definition) is 2. The lowest BCUT2D eigenvalue weighted by Crippen LogP contribution is -2.42. The van der Waals surface area contributed by atoms with Gasteiger partial charge in [-0.05, 0) is 12.3 Å². The highest BCUT2D eigenvalue weighted by Crippen LogP contribution is 2.14. The molecule has 0 aromatic carbocycles. The van der Waals surface area contributed by atoms with Crippen molar-refractivity contribution in [3.8, 4) is 11.8 Å². The Labute approximate surface area is 113 Å². The normalized spacial score (nSPS) is 21.1. The molecule has 0 N–H and O–H groups in total. The molecule has 1 aliphatic rings. The fraction of sp³-hybridized carbons (Fsp3) is 0.875. The Bertz CT molecular complexity index is 275. The molecule has 0 aromatic heterocycles. The molecule has 1 rings (SSSR count). The monoisotopic (exact) mass is 251 g/mol. The molecule has 1 fully saturated rings. The largest absolute Gasteiger partial charge is 0.376 e. The minimum Gasteiger partial charge on any atom is -0.376 e. The fourth-order valence-corrected chi connectivity index (χ4v) is 2.21. The summed E-state index contributed by atoms with van der Waals surface area (Å²) in [6, 6.07) is 0. The molecule has 18 heavy (non-hydrogen) atoms. The lowest BCUT2D eigenvalue weighted by Gasteiger charge is -2.31. The molecule has 1 saturated heterocycles. The zero-order valence-corrected chi connectivity index (χ0v) is 12.5. The molecule has 1 atom stereocenters. The van der Waals surface area contributed by atoms with E-state index in [0.717, 1.165) is 32.2 Å². The van der Waals surface area contributed by atoms with E-state index in [1.54, 1.807) is 0 Å². The van der Waals surface area contributed by atoms with Gasteiger partial charge in [0, 0.05) is 19.0 Å². The smallest absolute Gasteiger partial charge is 0.0703 e. The Kier molecular flexibility index (Phi) is 7.39. The average Bonchev–Trinajstić information content (AvgIpc) is 2.28. The first-order valence-corrected chi connectivity index (χ1v) is 7.40. The second-order valence-electron chi connectivity index (χ2n) is 6.03. The Hall–Kier alpha value is -0.520. The summed E-state index contributed by atoms with van der Waals surface area (Å²) in [5, 5.41) is 0. The predicted octanol–water partition coefficient (Wildman–Crippen LogP) is 3.17. The average molecular weight is 251 g/mol. The van der Waals surface area contributed by atoms with Crippen molar-refractivity contribution in [1.29, 1.82) is 0 Å². The van der Waals surface area contributed by atoms with Gasteiger partial charge in [0.05, 0.1) is 19.3 Å². The third-order valence-corrected chi connectivity index (χ3v) is 3.22. The minimum absolute atomic E-state index is 0.429. The van der Waals surface area contributed by atoms with E-state index in [-0.39, 0.29) is 0 Å². The van der Waals surface area contributed by atoms with Crippen molar-refractivity contribution in [2.75, 3.05) is 26.2 Å². The zero-order chi connectivity index (χ0) is 13.4. The summed E-state index contributed by atoms with van der Waals surface area (Å²) >= 11 is 0. The maximum atomic E-state index is 5.83. The van der Waals surface area contributed by atoms with Gasteiger partial charge >= 0.3 is 0 Å². The first-order valence-electron chi connectivity index (χ1n) is 7.40. The summed E-state index contributed by atoms with van der Waals surface area (Å²) in [7, 11) is 0. The molecule has 0 saturated carbocycles. The predicted molar refractivity (Wildman–Crippen MR) is 77.5 cm³/mol. The molecule has 0 aromatic rings. The van der Waals surface area contributed by atoms with Gasteiger partial charge in [-0.2, -0.15) is 0 Å². The second kappa shape index (κ2) is 8.56. The van der Waals surface area contributed by atoms with Crippen molar-refractivity contribution < 1.29 is 4.74 Å². The van der Waals surface area contributed by atoms with Crippen LogP contribution in [0.1, 0.15) is 47.0 Å². The Morgan fingerprint density at radius 3 is 2.72 bits per heavy atom. The van der Waals surface area contributed by atoms with Crippen LogP contribution in [0, 0.1) is 23.7 Å². The molecule has 1 aliphatic heterocycles. The lowest BCUT2D eigenvalue weighted by molar-refractivity contribution is -0.0288. The van der Waals surface area contributed by atoms with Gasteiger partial charge in [0.15, 0.2) is 0 Å². The van der Waals surface area contributed by atoms with E-state index in [9.17, 15) is 0 Å². The topological polar surface area (TPSA) is 12.5 Å². The van der Waals surface area contributed by atoms with Crippen LogP contribution >= 0.6 is 0 Å². The van der Waals surface area contributed by atoms with E-state index >= 15 is 0 Å². The third kappa shape index (κ3) is 7.03. The van der Waals surface area contributed by atoms with Gasteiger partial charge < -0.3 is 4.74 Å². The van der Waals surface area contributed by atoms with Crippen LogP contribution < -0.4 is 0 Å². The van der Waals surface area contributed by atoms with Crippen LogP contribution in [0.15, 0.2) is 0 Å². The van der Waals surface area contributed by atoms with Gasteiger partial charge in [-0.15, -0.1) is 0 Å². The Morgan fingerprint density at radius 2 is 2.06 bits per heavy atom. The van der Waals surface area contributed by atoms with Gasteiger partial charge in [-0.1, -0.05) is 52.4 Å². The van der Waals surface area contributed by atoms with Crippen LogP contribution in [-0.2, 0) is 4.74 Å². The maximum Gasteiger partial charge on any atom is 0.0703 e. The van der Waals surface area contributed by atoms with E-state index < -0.39 is 0 Å². The number of rotatable bonds is 5. The first kappa shape index (κ1) is 15.5. The summed E-state index contributed by atoms with van der Waals surface area (Å²) in [5.41, 5.74) is 0. The van der Waals surface area contributed by atoms with Gasteiger partial charge in [-0.25, -0.2) is 0 Å². The molecular weight excluding hydrogens is 222 g/mol. The maximum absolute atomic E-state index is 5.83. The molecule has 0 bridgehead atoms. The van der Waals surface area contributed by atoms with Crippen molar-refractivity contribution in [3.05, 3.63) is 0 Å². The molecule has 0 aliphatic carbocycles. The van der Waals surface area contributed by atoms with Crippen LogP contribution in [0.4, 0.5) is 0 Å². The van der Waals surface area contributed by atoms with E-state index in [2.05, 4.69) is 44.4 Å². The number of ether oxygens (including phenoxy) is 1. The number of nitrogens with zero attached hydrogens (tertiary/aromatic N) is 1. The van der Waals surface area contributed by atoms with Crippen LogP contribution in [0.5, 0.6) is 0 Å². The van der Waals surface area contributed by atoms with Gasteiger partial charge in [0.25, 0.3) is 0 Å². The Morgan fingerprint density at radius 1 is 1.28 bits per heavy atom. The molecule has 2 heteroatoms. The molecule has 0 amide bonds. The van der Waals surface area contributed by atoms with E-state index in [0.29, 0.717) is 12.0 Å². The van der Waals surface area contributed by atoms with Crippen LogP contribution in [0.3, 0.4) is 0 Å². The van der Waals surface area contributed by atoms with Crippen molar-refractivity contribution in [2.45, 2.75) is 53.1 Å². The van der Waals surface area contributed by atoms with Crippen molar-refractivity contribution in [1.82, 2.24) is 4.90 Å². The molecule has 0 radical (unpaired) electrons. The summed E-state index contributed by atoms with van der Waals surface area (Å²) < 4.78 is 5.83. The highest BCUT2D eigenvalue weighted by molar-refractivity contribution is 5.03. The van der Waals surface area contributed by atoms with Crippen molar-refractivity contribution in [2.24, 2.45) is 11.8 Å². The van der Waals surface area contributed by atoms with E-state index in [1.165, 1.54) is 19.3 Å². The highest BCUT2D eigenvalue weighted by atomic mass is 16.5. The molecular formula is C16H29NO. The summed E-state index contributed by atoms with van der Waals surface area (Å²) in [6.07, 6.45) is 4.23. The van der Waals surface area contributed by atoms with Crippen molar-refractivity contribution >= 4 is 0 Å². The van der Waals surface area contributed by atoms with Crippen LogP contribution in [0.2, 0.25) is 0 Å². The lowest BCUT2D eigenvalue weighted by atomic mass is 10.0. The third-order valence-electron chi connectivity index (χ3n) is 3.22. The molecule has 0 unspecified atom stereocenters. The summed E-state index contributed by atoms with van der Waals surface area (Å²) in [6.45, 7) is 12.7. The summed E-state index contributed by atoms with van der Waals surface area (Å²) in [5.74, 6) is 7.79.